The molecular formula is C20H34N2O2. The summed E-state index contributed by atoms with van der Waals surface area (Å²) in [5.74, 6) is -0.701. The second-order valence-electron chi connectivity index (χ2n) is 6.31. The molecule has 0 atom stereocenters. The van der Waals surface area contributed by atoms with Crippen LogP contribution in [0.15, 0.2) is 30.3 Å². The number of nitrogens with zero attached hydrogens (tertiary/aromatic N) is 2. The van der Waals surface area contributed by atoms with Gasteiger partial charge in [-0.2, -0.15) is 0 Å². The highest BCUT2D eigenvalue weighted by Gasteiger charge is 2.40. The minimum absolute atomic E-state index is 0.648. The second kappa shape index (κ2) is 10.5. The third kappa shape index (κ3) is 5.32. The molecule has 4 nitrogen and oxygen atoms in total. The lowest BCUT2D eigenvalue weighted by atomic mass is 9.74. The van der Waals surface area contributed by atoms with E-state index in [9.17, 15) is 9.90 Å². The molecule has 1 N–H and O–H groups in total. The molecule has 0 heterocycles. The van der Waals surface area contributed by atoms with Crippen molar-refractivity contribution in [2.45, 2.75) is 46.0 Å². The molecule has 0 spiro atoms. The Kier molecular flexibility index (Phi) is 9.01. The van der Waals surface area contributed by atoms with E-state index in [1.807, 2.05) is 30.3 Å². The van der Waals surface area contributed by atoms with Gasteiger partial charge in [0, 0.05) is 0 Å². The van der Waals surface area contributed by atoms with Crippen molar-refractivity contribution in [1.82, 2.24) is 9.80 Å². The number of carboxylic acids is 1. The molecule has 0 radical (unpaired) electrons. The van der Waals surface area contributed by atoms with Gasteiger partial charge >= 0.3 is 5.97 Å². The Morgan fingerprint density at radius 3 is 1.62 bits per heavy atom. The van der Waals surface area contributed by atoms with Gasteiger partial charge in [-0.15, -0.1) is 0 Å². The molecular weight excluding hydrogens is 300 g/mol. The summed E-state index contributed by atoms with van der Waals surface area (Å²) in [4.78, 5) is 17.0. The van der Waals surface area contributed by atoms with Crippen molar-refractivity contribution in [2.24, 2.45) is 0 Å². The molecule has 0 amide bonds. The van der Waals surface area contributed by atoms with Gasteiger partial charge in [0.1, 0.15) is 0 Å². The highest BCUT2D eigenvalue weighted by molar-refractivity contribution is 5.81. The Morgan fingerprint density at radius 2 is 1.29 bits per heavy atom. The molecule has 0 bridgehead atoms. The van der Waals surface area contributed by atoms with E-state index in [4.69, 9.17) is 0 Å². The SMILES string of the molecule is CCN(CC)CCC(CCN(CC)CC)(C(=O)O)c1ccccc1. The van der Waals surface area contributed by atoms with E-state index >= 15 is 0 Å². The van der Waals surface area contributed by atoms with Crippen LogP contribution in [0.25, 0.3) is 0 Å². The second-order valence-corrected chi connectivity index (χ2v) is 6.31. The zero-order chi connectivity index (χ0) is 18.0. The zero-order valence-electron chi connectivity index (χ0n) is 15.8. The van der Waals surface area contributed by atoms with Gasteiger partial charge in [-0.05, 0) is 57.7 Å². The van der Waals surface area contributed by atoms with E-state index in [1.165, 1.54) is 0 Å². The lowest BCUT2D eigenvalue weighted by molar-refractivity contribution is -0.145. The summed E-state index contributed by atoms with van der Waals surface area (Å²) in [5.41, 5.74) is 0.115. The highest BCUT2D eigenvalue weighted by atomic mass is 16.4. The number of carbonyl (C=O) groups is 1. The van der Waals surface area contributed by atoms with Crippen LogP contribution in [0.1, 0.15) is 46.1 Å². The van der Waals surface area contributed by atoms with Crippen molar-refractivity contribution >= 4 is 5.97 Å². The quantitative estimate of drug-likeness (QED) is 0.636. The van der Waals surface area contributed by atoms with Crippen molar-refractivity contribution in [3.05, 3.63) is 35.9 Å². The number of aliphatic carboxylic acids is 1. The average molecular weight is 335 g/mol. The van der Waals surface area contributed by atoms with Crippen molar-refractivity contribution in [1.29, 1.82) is 0 Å². The van der Waals surface area contributed by atoms with Crippen molar-refractivity contribution in [2.75, 3.05) is 39.3 Å². The maximum atomic E-state index is 12.4. The molecule has 4 heteroatoms. The monoisotopic (exact) mass is 334 g/mol. The summed E-state index contributed by atoms with van der Waals surface area (Å²) >= 11 is 0. The summed E-state index contributed by atoms with van der Waals surface area (Å²) in [6.07, 6.45) is 1.30. The molecule has 0 saturated heterocycles. The molecule has 0 aromatic heterocycles. The number of hydrogen-bond donors (Lipinski definition) is 1. The predicted molar refractivity (Wildman–Crippen MR) is 101 cm³/mol. The topological polar surface area (TPSA) is 43.8 Å². The summed E-state index contributed by atoms with van der Waals surface area (Å²) in [7, 11) is 0. The lowest BCUT2D eigenvalue weighted by Crippen LogP contribution is -2.42. The Labute approximate surface area is 147 Å². The van der Waals surface area contributed by atoms with Gasteiger partial charge in [-0.3, -0.25) is 4.79 Å². The molecule has 0 aliphatic heterocycles. The standard InChI is InChI=1S/C20H34N2O2/c1-5-21(6-2)16-14-20(19(23)24,15-17-22(7-3)8-4)18-12-10-9-11-13-18/h9-13H,5-8,14-17H2,1-4H3,(H,23,24). The van der Waals surface area contributed by atoms with Crippen LogP contribution in [0, 0.1) is 0 Å². The lowest BCUT2D eigenvalue weighted by Gasteiger charge is -2.34. The molecule has 136 valence electrons. The molecule has 1 aromatic carbocycles. The fraction of sp³-hybridized carbons (Fsp3) is 0.650. The van der Waals surface area contributed by atoms with Crippen molar-refractivity contribution < 1.29 is 9.90 Å². The highest BCUT2D eigenvalue weighted by Crippen LogP contribution is 2.33. The van der Waals surface area contributed by atoms with Crippen molar-refractivity contribution in [3.8, 4) is 0 Å². The summed E-state index contributed by atoms with van der Waals surface area (Å²) in [6, 6.07) is 9.78. The summed E-state index contributed by atoms with van der Waals surface area (Å²) in [6.45, 7) is 14.0. The largest absolute Gasteiger partial charge is 0.481 e. The minimum Gasteiger partial charge on any atom is -0.481 e. The zero-order valence-corrected chi connectivity index (χ0v) is 15.8. The third-order valence-electron chi connectivity index (χ3n) is 5.23. The van der Waals surface area contributed by atoms with Crippen LogP contribution in [0.5, 0.6) is 0 Å². The Morgan fingerprint density at radius 1 is 0.875 bits per heavy atom. The Hall–Kier alpha value is -1.39. The molecule has 1 aromatic rings. The normalized spacial score (nSPS) is 12.1. The smallest absolute Gasteiger partial charge is 0.314 e. The molecule has 0 aliphatic rings. The Bertz CT molecular complexity index is 452. The van der Waals surface area contributed by atoms with Gasteiger partial charge in [0.25, 0.3) is 0 Å². The van der Waals surface area contributed by atoms with Crippen LogP contribution in [0.3, 0.4) is 0 Å². The molecule has 0 saturated carbocycles. The first kappa shape index (κ1) is 20.7. The predicted octanol–water partition coefficient (Wildman–Crippen LogP) is 3.47. The molecule has 1 rings (SSSR count). The number of benzene rings is 1. The average Bonchev–Trinajstić information content (AvgIpc) is 2.62. The molecule has 24 heavy (non-hydrogen) atoms. The van der Waals surface area contributed by atoms with Crippen LogP contribution in [0.4, 0.5) is 0 Å². The van der Waals surface area contributed by atoms with E-state index < -0.39 is 11.4 Å². The maximum Gasteiger partial charge on any atom is 0.314 e. The molecule has 0 unspecified atom stereocenters. The van der Waals surface area contributed by atoms with Crippen LogP contribution in [0.2, 0.25) is 0 Å². The minimum atomic E-state index is -0.813. The van der Waals surface area contributed by atoms with E-state index in [0.29, 0.717) is 12.8 Å². The number of carboxylic acid groups (broad SMARTS) is 1. The van der Waals surface area contributed by atoms with E-state index in [2.05, 4.69) is 37.5 Å². The molecule has 0 fully saturated rings. The van der Waals surface area contributed by atoms with Crippen molar-refractivity contribution in [3.63, 3.8) is 0 Å². The van der Waals surface area contributed by atoms with Crippen LogP contribution < -0.4 is 0 Å². The number of rotatable bonds is 12. The maximum absolute atomic E-state index is 12.4. The summed E-state index contributed by atoms with van der Waals surface area (Å²) in [5, 5.41) is 10.2. The fourth-order valence-corrected chi connectivity index (χ4v) is 3.29. The van der Waals surface area contributed by atoms with Gasteiger partial charge in [0.05, 0.1) is 5.41 Å². The fourth-order valence-electron chi connectivity index (χ4n) is 3.29. The van der Waals surface area contributed by atoms with Gasteiger partial charge in [0.15, 0.2) is 0 Å². The van der Waals surface area contributed by atoms with Gasteiger partial charge < -0.3 is 14.9 Å². The van der Waals surface area contributed by atoms with E-state index in [1.54, 1.807) is 0 Å². The third-order valence-corrected chi connectivity index (χ3v) is 5.23. The first-order valence-electron chi connectivity index (χ1n) is 9.27. The first-order chi connectivity index (χ1) is 11.5. The van der Waals surface area contributed by atoms with E-state index in [-0.39, 0.29) is 0 Å². The van der Waals surface area contributed by atoms with E-state index in [0.717, 1.165) is 44.8 Å². The van der Waals surface area contributed by atoms with Gasteiger partial charge in [-0.1, -0.05) is 58.0 Å². The van der Waals surface area contributed by atoms with Crippen LogP contribution in [-0.2, 0) is 10.2 Å². The first-order valence-corrected chi connectivity index (χ1v) is 9.27. The van der Waals surface area contributed by atoms with Gasteiger partial charge in [-0.25, -0.2) is 0 Å². The molecule has 0 aliphatic carbocycles. The number of hydrogen-bond acceptors (Lipinski definition) is 3. The van der Waals surface area contributed by atoms with Gasteiger partial charge in [0.2, 0.25) is 0 Å². The summed E-state index contributed by atoms with van der Waals surface area (Å²) < 4.78 is 0. The van der Waals surface area contributed by atoms with Crippen LogP contribution in [-0.4, -0.2) is 60.1 Å². The van der Waals surface area contributed by atoms with Crippen LogP contribution >= 0.6 is 0 Å². The Balaban J connectivity index is 3.08.